The van der Waals surface area contributed by atoms with Crippen LogP contribution >= 0.6 is 0 Å². The van der Waals surface area contributed by atoms with Crippen molar-refractivity contribution in [3.05, 3.63) is 12.2 Å². The van der Waals surface area contributed by atoms with E-state index in [9.17, 15) is 9.90 Å². The number of unbranched alkanes of at least 4 members (excludes halogenated alkanes) is 3. The molecule has 1 fully saturated rings. The van der Waals surface area contributed by atoms with Gasteiger partial charge in [0.05, 0.1) is 0 Å². The predicted molar refractivity (Wildman–Crippen MR) is 94.0 cm³/mol. The Labute approximate surface area is 141 Å². The summed E-state index contributed by atoms with van der Waals surface area (Å²) in [6, 6.07) is 0. The van der Waals surface area contributed by atoms with E-state index in [4.69, 9.17) is 5.11 Å². The number of hydrogen-bond acceptors (Lipinski definition) is 2. The van der Waals surface area contributed by atoms with Crippen molar-refractivity contribution >= 4 is 5.97 Å². The van der Waals surface area contributed by atoms with Gasteiger partial charge in [-0.3, -0.25) is 4.79 Å². The smallest absolute Gasteiger partial charge is 0.303 e. The van der Waals surface area contributed by atoms with E-state index in [0.29, 0.717) is 0 Å². The quantitative estimate of drug-likeness (QED) is 0.315. The number of hydrogen-bond donors (Lipinski definition) is 2. The fourth-order valence-corrected chi connectivity index (χ4v) is 2.80. The molecule has 1 aliphatic carbocycles. The van der Waals surface area contributed by atoms with Crippen LogP contribution < -0.4 is 0 Å². The Kier molecular flexibility index (Phi) is 10.5. The zero-order valence-corrected chi connectivity index (χ0v) is 14.5. The number of allylic oxidation sites excluding steroid dienone is 2. The maximum atomic E-state index is 10.4. The Morgan fingerprint density at radius 1 is 1.22 bits per heavy atom. The molecule has 0 aromatic heterocycles. The summed E-state index contributed by atoms with van der Waals surface area (Å²) < 4.78 is 0. The molecule has 0 spiro atoms. The number of rotatable bonds is 12. The van der Waals surface area contributed by atoms with Gasteiger partial charge in [-0.15, -0.1) is 5.92 Å². The average molecular weight is 320 g/mol. The highest BCUT2D eigenvalue weighted by Gasteiger charge is 2.34. The topological polar surface area (TPSA) is 57.5 Å². The number of aliphatic hydroxyl groups excluding tert-OH is 1. The zero-order valence-electron chi connectivity index (χ0n) is 14.5. The van der Waals surface area contributed by atoms with E-state index < -0.39 is 12.1 Å². The minimum atomic E-state index is -0.712. The van der Waals surface area contributed by atoms with E-state index in [0.717, 1.165) is 50.4 Å². The van der Waals surface area contributed by atoms with Crippen molar-refractivity contribution in [2.75, 3.05) is 0 Å². The lowest BCUT2D eigenvalue weighted by Gasteiger charge is -2.01. The monoisotopic (exact) mass is 320 g/mol. The van der Waals surface area contributed by atoms with Crippen LogP contribution in [0, 0.1) is 23.7 Å². The molecule has 1 saturated carbocycles. The van der Waals surface area contributed by atoms with Gasteiger partial charge < -0.3 is 10.2 Å². The summed E-state index contributed by atoms with van der Waals surface area (Å²) in [5.74, 6) is 6.95. The van der Waals surface area contributed by atoms with Crippen molar-refractivity contribution in [2.24, 2.45) is 11.8 Å². The van der Waals surface area contributed by atoms with Crippen LogP contribution in [-0.4, -0.2) is 22.3 Å². The first-order valence-corrected chi connectivity index (χ1v) is 9.16. The van der Waals surface area contributed by atoms with E-state index in [1.165, 1.54) is 25.7 Å². The number of carboxylic acids is 1. The molecular weight excluding hydrogens is 288 g/mol. The van der Waals surface area contributed by atoms with Gasteiger partial charge in [0.15, 0.2) is 0 Å². The van der Waals surface area contributed by atoms with Gasteiger partial charge >= 0.3 is 5.97 Å². The second-order valence-corrected chi connectivity index (χ2v) is 6.63. The second-order valence-electron chi connectivity index (χ2n) is 6.63. The summed E-state index contributed by atoms with van der Waals surface area (Å²) in [7, 11) is 0. The normalized spacial score (nSPS) is 21.0. The Hall–Kier alpha value is -1.27. The Morgan fingerprint density at radius 3 is 2.74 bits per heavy atom. The summed E-state index contributed by atoms with van der Waals surface area (Å²) >= 11 is 0. The van der Waals surface area contributed by atoms with Crippen LogP contribution in [0.2, 0.25) is 0 Å². The summed E-state index contributed by atoms with van der Waals surface area (Å²) in [4.78, 5) is 10.4. The third-order valence-corrected chi connectivity index (χ3v) is 4.42. The van der Waals surface area contributed by atoms with Crippen LogP contribution in [0.3, 0.4) is 0 Å². The number of carbonyl (C=O) groups is 1. The largest absolute Gasteiger partial charge is 0.481 e. The van der Waals surface area contributed by atoms with Gasteiger partial charge in [0, 0.05) is 12.8 Å². The molecule has 23 heavy (non-hydrogen) atoms. The molecule has 0 saturated heterocycles. The maximum absolute atomic E-state index is 10.4. The zero-order chi connectivity index (χ0) is 16.9. The Balaban J connectivity index is 1.99. The molecule has 0 aromatic carbocycles. The van der Waals surface area contributed by atoms with Crippen molar-refractivity contribution in [3.8, 4) is 11.8 Å². The molecule has 0 heterocycles. The van der Waals surface area contributed by atoms with Crippen molar-refractivity contribution in [3.63, 3.8) is 0 Å². The molecular formula is C20H32O3. The van der Waals surface area contributed by atoms with E-state index in [1.807, 2.05) is 0 Å². The molecule has 0 bridgehead atoms. The first kappa shape index (κ1) is 19.8. The van der Waals surface area contributed by atoms with Crippen LogP contribution in [0.4, 0.5) is 0 Å². The lowest BCUT2D eigenvalue weighted by Crippen LogP contribution is -2.02. The van der Waals surface area contributed by atoms with Gasteiger partial charge in [-0.2, -0.15) is 0 Å². The number of aliphatic hydroxyl groups is 1. The summed E-state index contributed by atoms with van der Waals surface area (Å²) in [5.41, 5.74) is 0. The van der Waals surface area contributed by atoms with E-state index in [-0.39, 0.29) is 6.42 Å². The van der Waals surface area contributed by atoms with Crippen LogP contribution in [0.5, 0.6) is 0 Å². The van der Waals surface area contributed by atoms with E-state index in [1.54, 1.807) is 0 Å². The lowest BCUT2D eigenvalue weighted by molar-refractivity contribution is -0.137. The second kappa shape index (κ2) is 12.2. The Bertz CT molecular complexity index is 416. The molecule has 1 rings (SSSR count). The molecule has 3 atom stereocenters. The first-order valence-electron chi connectivity index (χ1n) is 9.16. The SMILES string of the molecule is CCCCC[C@@H](O)C#CC[C@H]1C[C@@H]1CC/C=C/CCCC(=O)O. The van der Waals surface area contributed by atoms with Crippen LogP contribution in [0.25, 0.3) is 0 Å². The molecule has 0 amide bonds. The van der Waals surface area contributed by atoms with Crippen LogP contribution in [-0.2, 0) is 4.79 Å². The standard InChI is InChI=1S/C20H32O3/c1-2-3-7-13-19(21)14-10-12-18-16-17(18)11-8-5-4-6-9-15-20(22)23/h4-5,17-19,21H,2-3,6-9,11-13,15-16H2,1H3,(H,22,23)/b5-4+/t17-,18-,19+/m0/s1. The van der Waals surface area contributed by atoms with Gasteiger partial charge in [0.25, 0.3) is 0 Å². The van der Waals surface area contributed by atoms with Crippen LogP contribution in [0.15, 0.2) is 12.2 Å². The maximum Gasteiger partial charge on any atom is 0.303 e. The van der Waals surface area contributed by atoms with Gasteiger partial charge in [-0.1, -0.05) is 37.8 Å². The summed E-state index contributed by atoms with van der Waals surface area (Å²) in [6.07, 6.45) is 14.4. The van der Waals surface area contributed by atoms with Crippen molar-refractivity contribution in [1.29, 1.82) is 0 Å². The third-order valence-electron chi connectivity index (χ3n) is 4.42. The average Bonchev–Trinajstić information content (AvgIpc) is 3.24. The van der Waals surface area contributed by atoms with Gasteiger partial charge in [0.1, 0.15) is 6.10 Å². The predicted octanol–water partition coefficient (Wildman–Crippen LogP) is 4.55. The minimum Gasteiger partial charge on any atom is -0.481 e. The van der Waals surface area contributed by atoms with Gasteiger partial charge in [-0.25, -0.2) is 0 Å². The molecule has 3 heteroatoms. The van der Waals surface area contributed by atoms with Crippen molar-refractivity contribution in [1.82, 2.24) is 0 Å². The summed E-state index contributed by atoms with van der Waals surface area (Å²) in [5, 5.41) is 18.3. The fraction of sp³-hybridized carbons (Fsp3) is 0.750. The van der Waals surface area contributed by atoms with E-state index in [2.05, 4.69) is 30.9 Å². The molecule has 0 unspecified atom stereocenters. The number of carboxylic acid groups (broad SMARTS) is 1. The summed E-state index contributed by atoms with van der Waals surface area (Å²) in [6.45, 7) is 2.16. The van der Waals surface area contributed by atoms with Crippen LogP contribution in [0.1, 0.15) is 77.6 Å². The van der Waals surface area contributed by atoms with E-state index >= 15 is 0 Å². The highest BCUT2D eigenvalue weighted by atomic mass is 16.4. The lowest BCUT2D eigenvalue weighted by atomic mass is 10.1. The first-order chi connectivity index (χ1) is 11.1. The highest BCUT2D eigenvalue weighted by molar-refractivity contribution is 5.66. The molecule has 0 aliphatic heterocycles. The minimum absolute atomic E-state index is 0.262. The molecule has 1 aliphatic rings. The van der Waals surface area contributed by atoms with Crippen molar-refractivity contribution in [2.45, 2.75) is 83.7 Å². The molecule has 2 N–H and O–H groups in total. The molecule has 0 aromatic rings. The highest BCUT2D eigenvalue weighted by Crippen LogP contribution is 2.44. The van der Waals surface area contributed by atoms with Gasteiger partial charge in [-0.05, 0) is 56.8 Å². The molecule has 0 radical (unpaired) electrons. The number of aliphatic carboxylic acids is 1. The van der Waals surface area contributed by atoms with Crippen molar-refractivity contribution < 1.29 is 15.0 Å². The fourth-order valence-electron chi connectivity index (χ4n) is 2.80. The molecule has 130 valence electrons. The molecule has 3 nitrogen and oxygen atoms in total. The van der Waals surface area contributed by atoms with Gasteiger partial charge in [0.2, 0.25) is 0 Å². The Morgan fingerprint density at radius 2 is 2.00 bits per heavy atom. The third kappa shape index (κ3) is 11.0.